The summed E-state index contributed by atoms with van der Waals surface area (Å²) in [6.07, 6.45) is 9.23. The molecule has 0 radical (unpaired) electrons. The van der Waals surface area contributed by atoms with Gasteiger partial charge in [-0.3, -0.25) is 0 Å². The van der Waals surface area contributed by atoms with Gasteiger partial charge in [-0.25, -0.2) is 4.98 Å². The number of likely N-dealkylation sites (N-methyl/N-ethyl adjacent to an activating group) is 1. The summed E-state index contributed by atoms with van der Waals surface area (Å²) in [7, 11) is 4.40. The van der Waals surface area contributed by atoms with E-state index in [1.807, 2.05) is 6.20 Å². The van der Waals surface area contributed by atoms with Crippen LogP contribution in [0.3, 0.4) is 0 Å². The minimum absolute atomic E-state index is 0.314. The zero-order valence-corrected chi connectivity index (χ0v) is 12.8. The van der Waals surface area contributed by atoms with Gasteiger partial charge in [-0.2, -0.15) is 0 Å². The van der Waals surface area contributed by atoms with Gasteiger partial charge in [0.2, 0.25) is 5.95 Å². The van der Waals surface area contributed by atoms with Crippen LogP contribution in [0.1, 0.15) is 39.5 Å². The number of nitrogens with one attached hydrogen (secondary N) is 1. The number of hydrogen-bond donors (Lipinski definition) is 1. The van der Waals surface area contributed by atoms with Crippen molar-refractivity contribution in [2.75, 3.05) is 26.0 Å². The van der Waals surface area contributed by atoms with Crippen molar-refractivity contribution in [2.24, 2.45) is 5.92 Å². The van der Waals surface area contributed by atoms with Crippen molar-refractivity contribution in [3.8, 4) is 0 Å². The summed E-state index contributed by atoms with van der Waals surface area (Å²) in [5, 5.41) is 3.57. The average molecular weight is 264 g/mol. The maximum atomic E-state index is 4.45. The van der Waals surface area contributed by atoms with Crippen molar-refractivity contribution >= 4 is 5.95 Å². The molecule has 0 saturated heterocycles. The quantitative estimate of drug-likeness (QED) is 0.857. The first-order chi connectivity index (χ1) is 9.03. The molecule has 1 aromatic heterocycles. The maximum absolute atomic E-state index is 4.45. The lowest BCUT2D eigenvalue weighted by Crippen LogP contribution is -2.47. The molecule has 1 heterocycles. The minimum Gasteiger partial charge on any atom is -0.354 e. The Labute approximate surface area is 117 Å². The van der Waals surface area contributed by atoms with Gasteiger partial charge < -0.3 is 14.8 Å². The SMILES string of the molecule is CC(C)Cn1ccnc1NCC1(N(C)C)CCCC1. The van der Waals surface area contributed by atoms with E-state index in [-0.39, 0.29) is 0 Å². The molecule has 0 spiro atoms. The molecule has 0 bridgehead atoms. The Morgan fingerprint density at radius 2 is 2.05 bits per heavy atom. The predicted molar refractivity (Wildman–Crippen MR) is 80.4 cm³/mol. The second-order valence-corrected chi connectivity index (χ2v) is 6.48. The lowest BCUT2D eigenvalue weighted by atomic mass is 9.96. The molecule has 4 heteroatoms. The van der Waals surface area contributed by atoms with E-state index in [2.05, 4.69) is 53.9 Å². The highest BCUT2D eigenvalue weighted by Crippen LogP contribution is 2.33. The Morgan fingerprint density at radius 1 is 1.37 bits per heavy atom. The minimum atomic E-state index is 0.314. The third-order valence-corrected chi connectivity index (χ3v) is 4.34. The molecular formula is C15H28N4. The lowest BCUT2D eigenvalue weighted by Gasteiger charge is -2.36. The van der Waals surface area contributed by atoms with Crippen LogP contribution in [0.4, 0.5) is 5.95 Å². The molecule has 1 aliphatic carbocycles. The molecule has 0 amide bonds. The van der Waals surface area contributed by atoms with Gasteiger partial charge >= 0.3 is 0 Å². The molecule has 0 atom stereocenters. The van der Waals surface area contributed by atoms with E-state index in [4.69, 9.17) is 0 Å². The normalized spacial score (nSPS) is 18.4. The first kappa shape index (κ1) is 14.4. The van der Waals surface area contributed by atoms with Crippen LogP contribution in [0.5, 0.6) is 0 Å². The van der Waals surface area contributed by atoms with Gasteiger partial charge in [0.15, 0.2) is 0 Å². The second-order valence-electron chi connectivity index (χ2n) is 6.48. The van der Waals surface area contributed by atoms with Crippen molar-refractivity contribution in [1.82, 2.24) is 14.5 Å². The van der Waals surface area contributed by atoms with Crippen molar-refractivity contribution in [3.05, 3.63) is 12.4 Å². The van der Waals surface area contributed by atoms with E-state index in [1.54, 1.807) is 0 Å². The van der Waals surface area contributed by atoms with E-state index in [0.717, 1.165) is 19.0 Å². The Hall–Kier alpha value is -1.03. The third-order valence-electron chi connectivity index (χ3n) is 4.34. The fourth-order valence-corrected chi connectivity index (χ4v) is 3.08. The number of aromatic nitrogens is 2. The maximum Gasteiger partial charge on any atom is 0.202 e. The number of nitrogens with zero attached hydrogens (tertiary/aromatic N) is 3. The zero-order valence-electron chi connectivity index (χ0n) is 12.8. The highest BCUT2D eigenvalue weighted by Gasteiger charge is 2.35. The molecule has 1 N–H and O–H groups in total. The topological polar surface area (TPSA) is 33.1 Å². The highest BCUT2D eigenvalue weighted by molar-refractivity contribution is 5.27. The molecule has 108 valence electrons. The first-order valence-electron chi connectivity index (χ1n) is 7.46. The number of anilines is 1. The molecule has 1 aromatic rings. The molecule has 0 aliphatic heterocycles. The van der Waals surface area contributed by atoms with E-state index in [1.165, 1.54) is 25.7 Å². The lowest BCUT2D eigenvalue weighted by molar-refractivity contribution is 0.172. The van der Waals surface area contributed by atoms with Crippen LogP contribution in [0, 0.1) is 5.92 Å². The molecule has 0 unspecified atom stereocenters. The Bertz CT molecular complexity index is 389. The van der Waals surface area contributed by atoms with Crippen LogP contribution in [0.15, 0.2) is 12.4 Å². The van der Waals surface area contributed by atoms with Crippen LogP contribution in [0.2, 0.25) is 0 Å². The van der Waals surface area contributed by atoms with Gasteiger partial charge in [0, 0.05) is 31.0 Å². The fraction of sp³-hybridized carbons (Fsp3) is 0.800. The number of imidazole rings is 1. The van der Waals surface area contributed by atoms with Crippen LogP contribution < -0.4 is 5.32 Å². The number of rotatable bonds is 6. The van der Waals surface area contributed by atoms with Crippen molar-refractivity contribution in [2.45, 2.75) is 51.6 Å². The monoisotopic (exact) mass is 264 g/mol. The van der Waals surface area contributed by atoms with Gasteiger partial charge in [0.1, 0.15) is 0 Å². The number of hydrogen-bond acceptors (Lipinski definition) is 3. The Balaban J connectivity index is 1.99. The summed E-state index contributed by atoms with van der Waals surface area (Å²) in [6, 6.07) is 0. The van der Waals surface area contributed by atoms with E-state index >= 15 is 0 Å². The average Bonchev–Trinajstić information content (AvgIpc) is 2.95. The summed E-state index contributed by atoms with van der Waals surface area (Å²) in [4.78, 5) is 6.85. The first-order valence-corrected chi connectivity index (χ1v) is 7.46. The summed E-state index contributed by atoms with van der Waals surface area (Å²) in [5.74, 6) is 1.66. The molecule has 1 fully saturated rings. The van der Waals surface area contributed by atoms with Crippen LogP contribution >= 0.6 is 0 Å². The molecule has 2 rings (SSSR count). The summed E-state index contributed by atoms with van der Waals surface area (Å²) < 4.78 is 2.23. The largest absolute Gasteiger partial charge is 0.354 e. The van der Waals surface area contributed by atoms with Crippen molar-refractivity contribution < 1.29 is 0 Å². The van der Waals surface area contributed by atoms with Crippen LogP contribution in [-0.4, -0.2) is 40.6 Å². The summed E-state index contributed by atoms with van der Waals surface area (Å²) in [6.45, 7) is 6.50. The molecule has 19 heavy (non-hydrogen) atoms. The Kier molecular flexibility index (Phi) is 4.50. The van der Waals surface area contributed by atoms with Gasteiger partial charge in [-0.15, -0.1) is 0 Å². The standard InChI is InChI=1S/C15H28N4/c1-13(2)11-19-10-9-16-14(19)17-12-15(18(3)4)7-5-6-8-15/h9-10,13H,5-8,11-12H2,1-4H3,(H,16,17). The smallest absolute Gasteiger partial charge is 0.202 e. The van der Waals surface area contributed by atoms with Gasteiger partial charge in [0.05, 0.1) is 0 Å². The summed E-state index contributed by atoms with van der Waals surface area (Å²) in [5.41, 5.74) is 0.314. The summed E-state index contributed by atoms with van der Waals surface area (Å²) >= 11 is 0. The van der Waals surface area contributed by atoms with Gasteiger partial charge in [0.25, 0.3) is 0 Å². The molecule has 0 aromatic carbocycles. The molecular weight excluding hydrogens is 236 g/mol. The van der Waals surface area contributed by atoms with Crippen molar-refractivity contribution in [3.63, 3.8) is 0 Å². The van der Waals surface area contributed by atoms with E-state index in [9.17, 15) is 0 Å². The molecule has 1 aliphatic rings. The van der Waals surface area contributed by atoms with Crippen molar-refractivity contribution in [1.29, 1.82) is 0 Å². The molecule has 1 saturated carbocycles. The van der Waals surface area contributed by atoms with E-state index < -0.39 is 0 Å². The van der Waals surface area contributed by atoms with E-state index in [0.29, 0.717) is 11.5 Å². The van der Waals surface area contributed by atoms with Gasteiger partial charge in [-0.05, 0) is 32.9 Å². The zero-order chi connectivity index (χ0) is 13.9. The second kappa shape index (κ2) is 5.95. The highest BCUT2D eigenvalue weighted by atomic mass is 15.2. The van der Waals surface area contributed by atoms with Crippen LogP contribution in [-0.2, 0) is 6.54 Å². The van der Waals surface area contributed by atoms with Crippen LogP contribution in [0.25, 0.3) is 0 Å². The molecule has 4 nitrogen and oxygen atoms in total. The van der Waals surface area contributed by atoms with Gasteiger partial charge in [-0.1, -0.05) is 26.7 Å². The Morgan fingerprint density at radius 3 is 2.63 bits per heavy atom. The predicted octanol–water partition coefficient (Wildman–Crippen LogP) is 2.83. The fourth-order valence-electron chi connectivity index (χ4n) is 3.08. The third kappa shape index (κ3) is 3.30.